The van der Waals surface area contributed by atoms with Gasteiger partial charge in [-0.1, -0.05) is 31.5 Å². The largest absolute Gasteiger partial charge is 0.489 e. The summed E-state index contributed by atoms with van der Waals surface area (Å²) in [6, 6.07) is 6.06. The lowest BCUT2D eigenvalue weighted by Gasteiger charge is -2.32. The van der Waals surface area contributed by atoms with Crippen molar-refractivity contribution in [1.82, 2.24) is 5.32 Å². The van der Waals surface area contributed by atoms with E-state index in [0.717, 1.165) is 42.0 Å². The van der Waals surface area contributed by atoms with E-state index in [4.69, 9.17) is 16.3 Å². The average Bonchev–Trinajstić information content (AvgIpc) is 2.37. The van der Waals surface area contributed by atoms with Crippen LogP contribution in [0.2, 0.25) is 5.02 Å². The Kier molecular flexibility index (Phi) is 5.12. The highest BCUT2D eigenvalue weighted by molar-refractivity contribution is 6.32. The molecule has 1 aliphatic rings. The minimum atomic E-state index is 0.318. The van der Waals surface area contributed by atoms with Crippen molar-refractivity contribution in [3.8, 4) is 5.75 Å². The molecule has 1 aromatic rings. The van der Waals surface area contributed by atoms with Crippen LogP contribution in [0.3, 0.4) is 0 Å². The molecule has 19 heavy (non-hydrogen) atoms. The first-order valence-electron chi connectivity index (χ1n) is 7.19. The van der Waals surface area contributed by atoms with E-state index in [1.54, 1.807) is 0 Å². The van der Waals surface area contributed by atoms with Crippen molar-refractivity contribution in [3.63, 3.8) is 0 Å². The maximum Gasteiger partial charge on any atom is 0.138 e. The Morgan fingerprint density at radius 1 is 1.26 bits per heavy atom. The molecule has 1 aromatic carbocycles. The Morgan fingerprint density at radius 2 is 2.05 bits per heavy atom. The van der Waals surface area contributed by atoms with Gasteiger partial charge in [0.15, 0.2) is 0 Å². The lowest BCUT2D eigenvalue weighted by atomic mass is 9.80. The average molecular weight is 282 g/mol. The molecule has 0 radical (unpaired) electrons. The van der Waals surface area contributed by atoms with E-state index in [2.05, 4.69) is 25.2 Å². The molecule has 3 unspecified atom stereocenters. The van der Waals surface area contributed by atoms with Crippen LogP contribution < -0.4 is 10.1 Å². The SMILES string of the molecule is CNCc1ccc(OC2CCC(C)C(C)C2)c(Cl)c1. The third-order valence-corrected chi connectivity index (χ3v) is 4.52. The second kappa shape index (κ2) is 6.62. The van der Waals surface area contributed by atoms with Gasteiger partial charge in [-0.15, -0.1) is 0 Å². The molecule has 0 aliphatic heterocycles. The summed E-state index contributed by atoms with van der Waals surface area (Å²) in [5.41, 5.74) is 1.19. The van der Waals surface area contributed by atoms with Gasteiger partial charge in [-0.25, -0.2) is 0 Å². The molecule has 2 nitrogen and oxygen atoms in total. The molecule has 3 heteroatoms. The molecule has 3 atom stereocenters. The summed E-state index contributed by atoms with van der Waals surface area (Å²) < 4.78 is 6.09. The molecular formula is C16H24ClNO. The summed E-state index contributed by atoms with van der Waals surface area (Å²) in [6.07, 6.45) is 3.84. The third kappa shape index (κ3) is 3.87. The van der Waals surface area contributed by atoms with Gasteiger partial charge in [0.05, 0.1) is 11.1 Å². The number of rotatable bonds is 4. The second-order valence-electron chi connectivity index (χ2n) is 5.80. The number of benzene rings is 1. The highest BCUT2D eigenvalue weighted by Gasteiger charge is 2.26. The normalized spacial score (nSPS) is 27.3. The van der Waals surface area contributed by atoms with Crippen LogP contribution in [0.4, 0.5) is 0 Å². The molecule has 2 rings (SSSR count). The zero-order valence-corrected chi connectivity index (χ0v) is 12.8. The summed E-state index contributed by atoms with van der Waals surface area (Å²) in [7, 11) is 1.93. The quantitative estimate of drug-likeness (QED) is 0.890. The summed E-state index contributed by atoms with van der Waals surface area (Å²) in [5.74, 6) is 2.38. The minimum absolute atomic E-state index is 0.318. The van der Waals surface area contributed by atoms with Crippen LogP contribution >= 0.6 is 11.6 Å². The summed E-state index contributed by atoms with van der Waals surface area (Å²) in [5, 5.41) is 3.84. The molecular weight excluding hydrogens is 258 g/mol. The Morgan fingerprint density at radius 3 is 2.68 bits per heavy atom. The van der Waals surface area contributed by atoms with Crippen LogP contribution in [0.15, 0.2) is 18.2 Å². The van der Waals surface area contributed by atoms with Gasteiger partial charge in [-0.3, -0.25) is 0 Å². The van der Waals surface area contributed by atoms with Gasteiger partial charge in [-0.05, 0) is 55.8 Å². The van der Waals surface area contributed by atoms with Crippen LogP contribution in [0.1, 0.15) is 38.7 Å². The van der Waals surface area contributed by atoms with Gasteiger partial charge < -0.3 is 10.1 Å². The topological polar surface area (TPSA) is 21.3 Å². The monoisotopic (exact) mass is 281 g/mol. The first-order chi connectivity index (χ1) is 9.10. The summed E-state index contributed by atoms with van der Waals surface area (Å²) >= 11 is 6.30. The number of hydrogen-bond acceptors (Lipinski definition) is 2. The summed E-state index contributed by atoms with van der Waals surface area (Å²) in [6.45, 7) is 5.48. The van der Waals surface area contributed by atoms with E-state index in [-0.39, 0.29) is 0 Å². The first kappa shape index (κ1) is 14.7. The van der Waals surface area contributed by atoms with E-state index < -0.39 is 0 Å². The van der Waals surface area contributed by atoms with Crippen molar-refractivity contribution in [2.24, 2.45) is 11.8 Å². The fourth-order valence-corrected chi connectivity index (χ4v) is 2.99. The number of ether oxygens (including phenoxy) is 1. The van der Waals surface area contributed by atoms with E-state index in [9.17, 15) is 0 Å². The molecule has 1 saturated carbocycles. The fraction of sp³-hybridized carbons (Fsp3) is 0.625. The first-order valence-corrected chi connectivity index (χ1v) is 7.57. The Labute approximate surface area is 121 Å². The molecule has 0 aromatic heterocycles. The smallest absolute Gasteiger partial charge is 0.138 e. The van der Waals surface area contributed by atoms with Crippen LogP contribution in [-0.4, -0.2) is 13.2 Å². The van der Waals surface area contributed by atoms with Crippen molar-refractivity contribution in [2.75, 3.05) is 7.05 Å². The lowest BCUT2D eigenvalue weighted by Crippen LogP contribution is -2.28. The van der Waals surface area contributed by atoms with Crippen molar-refractivity contribution < 1.29 is 4.74 Å². The van der Waals surface area contributed by atoms with Crippen molar-refractivity contribution in [3.05, 3.63) is 28.8 Å². The fourth-order valence-electron chi connectivity index (χ4n) is 2.74. The van der Waals surface area contributed by atoms with E-state index in [1.807, 2.05) is 19.2 Å². The maximum atomic E-state index is 6.30. The van der Waals surface area contributed by atoms with Gasteiger partial charge in [0.1, 0.15) is 5.75 Å². The zero-order valence-electron chi connectivity index (χ0n) is 12.1. The maximum absolute atomic E-state index is 6.30. The van der Waals surface area contributed by atoms with E-state index >= 15 is 0 Å². The molecule has 1 N–H and O–H groups in total. The van der Waals surface area contributed by atoms with Gasteiger partial charge in [0, 0.05) is 6.54 Å². The second-order valence-corrected chi connectivity index (χ2v) is 6.21. The van der Waals surface area contributed by atoms with Crippen LogP contribution in [0.25, 0.3) is 0 Å². The number of halogens is 1. The van der Waals surface area contributed by atoms with Crippen molar-refractivity contribution >= 4 is 11.6 Å². The number of hydrogen-bond donors (Lipinski definition) is 1. The van der Waals surface area contributed by atoms with Crippen LogP contribution in [0.5, 0.6) is 5.75 Å². The highest BCUT2D eigenvalue weighted by atomic mass is 35.5. The highest BCUT2D eigenvalue weighted by Crippen LogP contribution is 2.34. The van der Waals surface area contributed by atoms with Crippen molar-refractivity contribution in [1.29, 1.82) is 0 Å². The Bertz CT molecular complexity index is 421. The molecule has 1 fully saturated rings. The standard InChI is InChI=1S/C16H24ClNO/c1-11-4-6-14(8-12(11)2)19-16-7-5-13(10-18-3)9-15(16)17/h5,7,9,11-12,14,18H,4,6,8,10H2,1-3H3. The van der Waals surface area contributed by atoms with Crippen LogP contribution in [0, 0.1) is 11.8 Å². The predicted octanol–water partition coefficient (Wildman–Crippen LogP) is 4.26. The molecule has 0 spiro atoms. The summed E-state index contributed by atoms with van der Waals surface area (Å²) in [4.78, 5) is 0. The minimum Gasteiger partial charge on any atom is -0.489 e. The third-order valence-electron chi connectivity index (χ3n) is 4.22. The van der Waals surface area contributed by atoms with Gasteiger partial charge in [-0.2, -0.15) is 0 Å². The molecule has 106 valence electrons. The van der Waals surface area contributed by atoms with Gasteiger partial charge in [0.2, 0.25) is 0 Å². The van der Waals surface area contributed by atoms with E-state index in [0.29, 0.717) is 6.10 Å². The predicted molar refractivity (Wildman–Crippen MR) is 80.8 cm³/mol. The Balaban J connectivity index is 1.99. The molecule has 0 amide bonds. The van der Waals surface area contributed by atoms with Crippen LogP contribution in [-0.2, 0) is 6.54 Å². The van der Waals surface area contributed by atoms with E-state index in [1.165, 1.54) is 12.0 Å². The zero-order chi connectivity index (χ0) is 13.8. The molecule has 1 aliphatic carbocycles. The van der Waals surface area contributed by atoms with Crippen molar-refractivity contribution in [2.45, 2.75) is 45.8 Å². The van der Waals surface area contributed by atoms with Gasteiger partial charge in [0.25, 0.3) is 0 Å². The molecule has 0 heterocycles. The Hall–Kier alpha value is -0.730. The van der Waals surface area contributed by atoms with Gasteiger partial charge >= 0.3 is 0 Å². The molecule has 0 saturated heterocycles. The lowest BCUT2D eigenvalue weighted by molar-refractivity contribution is 0.101. The molecule has 0 bridgehead atoms. The number of nitrogens with one attached hydrogen (secondary N) is 1.